The van der Waals surface area contributed by atoms with Crippen LogP contribution in [0.1, 0.15) is 0 Å². The second kappa shape index (κ2) is 7.79. The highest BCUT2D eigenvalue weighted by atomic mass is 35.5. The van der Waals surface area contributed by atoms with Gasteiger partial charge in [0, 0.05) is 12.1 Å². The third-order valence-corrected chi connectivity index (χ3v) is 1.16. The Labute approximate surface area is 79.2 Å². The summed E-state index contributed by atoms with van der Waals surface area (Å²) in [6, 6.07) is 5.98. The summed E-state index contributed by atoms with van der Waals surface area (Å²) in [4.78, 5) is 0. The van der Waals surface area contributed by atoms with Gasteiger partial charge in [-0.15, -0.1) is 12.4 Å². The lowest BCUT2D eigenvalue weighted by Crippen LogP contribution is -3.00. The van der Waals surface area contributed by atoms with Crippen molar-refractivity contribution < 1.29 is 17.0 Å². The van der Waals surface area contributed by atoms with Gasteiger partial charge in [0.2, 0.25) is 0 Å². The van der Waals surface area contributed by atoms with E-state index in [4.69, 9.17) is 5.73 Å². The first kappa shape index (κ1) is 13.3. The normalized spacial score (nSPS) is 7.73. The quantitative estimate of drug-likeness (QED) is 0.513. The van der Waals surface area contributed by atoms with Crippen LogP contribution < -0.4 is 22.7 Å². The first-order chi connectivity index (χ1) is 4.43. The molecule has 4 heteroatoms. The fourth-order valence-corrected chi connectivity index (χ4v) is 0.732. The van der Waals surface area contributed by atoms with Gasteiger partial charge in [0.25, 0.3) is 0 Å². The smallest absolute Gasteiger partial charge is 0.168 e. The van der Waals surface area contributed by atoms with Crippen molar-refractivity contribution in [1.29, 1.82) is 0 Å². The Morgan fingerprint density at radius 2 is 1.64 bits per heavy atom. The number of aromatic nitrogens is 1. The lowest BCUT2D eigenvalue weighted by Gasteiger charge is -1.89. The molecule has 0 unspecified atom stereocenters. The van der Waals surface area contributed by atoms with Crippen molar-refractivity contribution in [3.05, 3.63) is 30.6 Å². The van der Waals surface area contributed by atoms with E-state index in [9.17, 15) is 0 Å². The standard InChI is InChI=1S/C7H11N2.2ClH/c8-4-7-9-5-2-1-3-6-9;;/h1-3,5-6H,4,7-8H2;2*1H/q+1;;/p-1. The van der Waals surface area contributed by atoms with E-state index >= 15 is 0 Å². The van der Waals surface area contributed by atoms with E-state index in [1.165, 1.54) is 0 Å². The zero-order valence-electron chi connectivity index (χ0n) is 6.11. The van der Waals surface area contributed by atoms with E-state index in [0.717, 1.165) is 6.54 Å². The minimum atomic E-state index is 0. The summed E-state index contributed by atoms with van der Waals surface area (Å²) in [7, 11) is 0. The molecule has 0 aliphatic carbocycles. The first-order valence-corrected chi connectivity index (χ1v) is 3.07. The number of hydrogen-bond acceptors (Lipinski definition) is 1. The molecule has 1 heterocycles. The molecule has 0 amide bonds. The molecule has 0 aromatic carbocycles. The van der Waals surface area contributed by atoms with Gasteiger partial charge < -0.3 is 18.1 Å². The Bertz CT molecular complexity index is 167. The summed E-state index contributed by atoms with van der Waals surface area (Å²) in [6.45, 7) is 1.61. The molecule has 1 aromatic heterocycles. The van der Waals surface area contributed by atoms with E-state index in [2.05, 4.69) is 4.57 Å². The van der Waals surface area contributed by atoms with Crippen molar-refractivity contribution in [3.63, 3.8) is 0 Å². The predicted octanol–water partition coefficient (Wildman–Crippen LogP) is -2.64. The van der Waals surface area contributed by atoms with Gasteiger partial charge in [-0.3, -0.25) is 0 Å². The van der Waals surface area contributed by atoms with Crippen molar-refractivity contribution in [3.8, 4) is 0 Å². The van der Waals surface area contributed by atoms with Gasteiger partial charge in [0.1, 0.15) is 0 Å². The molecular formula is C7H12Cl2N2. The van der Waals surface area contributed by atoms with Gasteiger partial charge in [-0.05, 0) is 0 Å². The molecule has 0 spiro atoms. The Morgan fingerprint density at radius 3 is 2.09 bits per heavy atom. The largest absolute Gasteiger partial charge is 1.00 e. The zero-order valence-corrected chi connectivity index (χ0v) is 7.68. The van der Waals surface area contributed by atoms with E-state index in [0.29, 0.717) is 6.54 Å². The lowest BCUT2D eigenvalue weighted by atomic mass is 10.5. The topological polar surface area (TPSA) is 29.9 Å². The molecule has 2 nitrogen and oxygen atoms in total. The highest BCUT2D eigenvalue weighted by Crippen LogP contribution is 1.74. The van der Waals surface area contributed by atoms with Crippen LogP contribution >= 0.6 is 12.4 Å². The van der Waals surface area contributed by atoms with Gasteiger partial charge in [0.15, 0.2) is 18.9 Å². The monoisotopic (exact) mass is 194 g/mol. The van der Waals surface area contributed by atoms with Gasteiger partial charge >= 0.3 is 0 Å². The molecule has 0 bridgehead atoms. The molecule has 0 aliphatic heterocycles. The summed E-state index contributed by atoms with van der Waals surface area (Å²) in [5, 5.41) is 0. The summed E-state index contributed by atoms with van der Waals surface area (Å²) in [5.41, 5.74) is 5.34. The molecular weight excluding hydrogens is 183 g/mol. The van der Waals surface area contributed by atoms with Crippen molar-refractivity contribution in [2.75, 3.05) is 6.54 Å². The van der Waals surface area contributed by atoms with Crippen LogP contribution in [-0.2, 0) is 6.54 Å². The number of pyridine rings is 1. The molecule has 0 saturated carbocycles. The molecule has 0 fully saturated rings. The summed E-state index contributed by atoms with van der Waals surface area (Å²) >= 11 is 0. The number of hydrogen-bond donors (Lipinski definition) is 1. The first-order valence-electron chi connectivity index (χ1n) is 3.07. The Morgan fingerprint density at radius 1 is 1.09 bits per heavy atom. The van der Waals surface area contributed by atoms with Crippen LogP contribution in [0.25, 0.3) is 0 Å². The predicted molar refractivity (Wildman–Crippen MR) is 42.9 cm³/mol. The zero-order chi connectivity index (χ0) is 6.53. The van der Waals surface area contributed by atoms with E-state index < -0.39 is 0 Å². The number of rotatable bonds is 2. The van der Waals surface area contributed by atoms with Crippen molar-refractivity contribution in [1.82, 2.24) is 0 Å². The van der Waals surface area contributed by atoms with Gasteiger partial charge in [-0.25, -0.2) is 4.57 Å². The van der Waals surface area contributed by atoms with Crippen molar-refractivity contribution >= 4 is 12.4 Å². The molecule has 1 aromatic rings. The van der Waals surface area contributed by atoms with E-state index in [-0.39, 0.29) is 24.8 Å². The fraction of sp³-hybridized carbons (Fsp3) is 0.286. The van der Waals surface area contributed by atoms with Crippen LogP contribution in [0.3, 0.4) is 0 Å². The average Bonchev–Trinajstić information content (AvgIpc) is 1.91. The SMILES string of the molecule is Cl.NCC[n+]1ccccc1.[Cl-]. The summed E-state index contributed by atoms with van der Waals surface area (Å²) < 4.78 is 2.06. The molecule has 0 atom stereocenters. The minimum absolute atomic E-state index is 0. The van der Waals surface area contributed by atoms with Gasteiger partial charge in [0.05, 0.1) is 6.54 Å². The van der Waals surface area contributed by atoms with Crippen LogP contribution in [0.5, 0.6) is 0 Å². The molecule has 2 N–H and O–H groups in total. The third-order valence-electron chi connectivity index (χ3n) is 1.16. The van der Waals surface area contributed by atoms with E-state index in [1.54, 1.807) is 0 Å². The third kappa shape index (κ3) is 5.01. The summed E-state index contributed by atoms with van der Waals surface area (Å²) in [5.74, 6) is 0. The average molecular weight is 195 g/mol. The van der Waals surface area contributed by atoms with Gasteiger partial charge in [-0.1, -0.05) is 6.07 Å². The number of nitrogens with zero attached hydrogens (tertiary/aromatic N) is 1. The minimum Gasteiger partial charge on any atom is -1.00 e. The van der Waals surface area contributed by atoms with Crippen molar-refractivity contribution in [2.24, 2.45) is 5.73 Å². The fourth-order valence-electron chi connectivity index (χ4n) is 0.732. The molecule has 64 valence electrons. The Balaban J connectivity index is 0. The molecule has 0 radical (unpaired) electrons. The van der Waals surface area contributed by atoms with E-state index in [1.807, 2.05) is 30.6 Å². The lowest BCUT2D eigenvalue weighted by molar-refractivity contribution is -0.694. The second-order valence-electron chi connectivity index (χ2n) is 1.90. The highest BCUT2D eigenvalue weighted by molar-refractivity contribution is 5.85. The highest BCUT2D eigenvalue weighted by Gasteiger charge is 1.90. The van der Waals surface area contributed by atoms with Crippen LogP contribution in [-0.4, -0.2) is 6.54 Å². The summed E-state index contributed by atoms with van der Waals surface area (Å²) in [6.07, 6.45) is 4.01. The molecule has 0 aliphatic rings. The molecule has 0 saturated heterocycles. The van der Waals surface area contributed by atoms with Crippen molar-refractivity contribution in [2.45, 2.75) is 6.54 Å². The maximum atomic E-state index is 5.34. The maximum absolute atomic E-state index is 5.34. The maximum Gasteiger partial charge on any atom is 0.168 e. The molecule has 1 rings (SSSR count). The Hall–Kier alpha value is -0.310. The number of halogens is 2. The van der Waals surface area contributed by atoms with Crippen LogP contribution in [0.15, 0.2) is 30.6 Å². The Kier molecular flexibility index (Phi) is 9.42. The van der Waals surface area contributed by atoms with Crippen LogP contribution in [0, 0.1) is 0 Å². The second-order valence-corrected chi connectivity index (χ2v) is 1.90. The number of nitrogens with two attached hydrogens (primary N) is 1. The molecule has 11 heavy (non-hydrogen) atoms. The van der Waals surface area contributed by atoms with Crippen LogP contribution in [0.4, 0.5) is 0 Å². The van der Waals surface area contributed by atoms with Crippen LogP contribution in [0.2, 0.25) is 0 Å². The van der Waals surface area contributed by atoms with Gasteiger partial charge in [-0.2, -0.15) is 0 Å².